The Kier molecular flexibility index (Phi) is 7.63. The van der Waals surface area contributed by atoms with E-state index in [1.54, 1.807) is 14.1 Å². The lowest BCUT2D eigenvalue weighted by Gasteiger charge is -2.27. The Morgan fingerprint density at radius 3 is 1.52 bits per heavy atom. The highest BCUT2D eigenvalue weighted by atomic mass is 35.5. The topological polar surface area (TPSA) is 29.5 Å². The van der Waals surface area contributed by atoms with Crippen molar-refractivity contribution in [2.24, 2.45) is 0 Å². The van der Waals surface area contributed by atoms with E-state index in [0.29, 0.717) is 13.2 Å². The smallest absolute Gasteiger partial charge is 0.132 e. The molecule has 0 unspecified atom stereocenters. The van der Waals surface area contributed by atoms with Crippen LogP contribution in [0, 0.1) is 27.7 Å². The fourth-order valence-corrected chi connectivity index (χ4v) is 3.19. The molecule has 0 aliphatic rings. The molecule has 0 aliphatic heterocycles. The Morgan fingerprint density at radius 1 is 0.840 bits per heavy atom. The average molecular weight is 364 g/mol. The van der Waals surface area contributed by atoms with Gasteiger partial charge < -0.3 is 17.1 Å². The maximum atomic E-state index is 9.95. The van der Waals surface area contributed by atoms with Crippen molar-refractivity contribution in [3.8, 4) is 0 Å². The van der Waals surface area contributed by atoms with Gasteiger partial charge in [-0.3, -0.25) is 0 Å². The molecule has 25 heavy (non-hydrogen) atoms. The molecule has 138 valence electrons. The Hall–Kier alpha value is -1.39. The van der Waals surface area contributed by atoms with E-state index in [0.717, 1.165) is 0 Å². The summed E-state index contributed by atoms with van der Waals surface area (Å²) in [5, 5.41) is 9.95. The van der Waals surface area contributed by atoms with E-state index in [1.807, 2.05) is 0 Å². The van der Waals surface area contributed by atoms with Gasteiger partial charge in [-0.15, -0.1) is 0 Å². The van der Waals surface area contributed by atoms with E-state index < -0.39 is 0 Å². The third kappa shape index (κ3) is 5.55. The van der Waals surface area contributed by atoms with Crippen molar-refractivity contribution in [1.82, 2.24) is 0 Å². The zero-order valence-electron chi connectivity index (χ0n) is 16.1. The number of nitrogens with zero attached hydrogens (tertiary/aromatic N) is 1. The summed E-state index contributed by atoms with van der Waals surface area (Å²) in [5.41, 5.74) is 7.41. The lowest BCUT2D eigenvalue weighted by molar-refractivity contribution is -1.07. The van der Waals surface area contributed by atoms with Crippen molar-refractivity contribution < 1.29 is 27.0 Å². The quantitative estimate of drug-likeness (QED) is 0.622. The van der Waals surface area contributed by atoms with Crippen LogP contribution in [-0.2, 0) is 4.74 Å². The lowest BCUT2D eigenvalue weighted by Crippen LogP contribution is -3.00. The highest BCUT2D eigenvalue weighted by Gasteiger charge is 2.23. The average Bonchev–Trinajstić information content (AvgIpc) is 2.45. The van der Waals surface area contributed by atoms with Crippen LogP contribution in [0.5, 0.6) is 0 Å². The number of aryl methyl sites for hydroxylation is 4. The number of hydroxylamine groups is 3. The Labute approximate surface area is 158 Å². The number of benzene rings is 2. The summed E-state index contributed by atoms with van der Waals surface area (Å²) in [7, 11) is 3.52. The van der Waals surface area contributed by atoms with E-state index in [1.165, 1.54) is 33.4 Å². The minimum atomic E-state index is -0.112. The zero-order chi connectivity index (χ0) is 17.9. The SMILES string of the molecule is Cc1cccc(C)c1C(OCC[N+](C)(C)O)c1c(C)cccc1C.[Cl-]. The van der Waals surface area contributed by atoms with E-state index in [4.69, 9.17) is 4.74 Å². The summed E-state index contributed by atoms with van der Waals surface area (Å²) in [6, 6.07) is 12.7. The first-order valence-corrected chi connectivity index (χ1v) is 8.50. The third-order valence-corrected chi connectivity index (χ3v) is 4.53. The molecule has 0 fully saturated rings. The second-order valence-electron chi connectivity index (χ2n) is 7.21. The number of hydrogen-bond acceptors (Lipinski definition) is 2. The maximum Gasteiger partial charge on any atom is 0.132 e. The van der Waals surface area contributed by atoms with E-state index in [9.17, 15) is 5.21 Å². The zero-order valence-corrected chi connectivity index (χ0v) is 16.9. The molecule has 0 heterocycles. The molecule has 0 radical (unpaired) electrons. The second-order valence-corrected chi connectivity index (χ2v) is 7.21. The van der Waals surface area contributed by atoms with Crippen LogP contribution in [0.1, 0.15) is 39.5 Å². The second kappa shape index (κ2) is 8.81. The standard InChI is InChI=1S/C21H30NO2.ClH/c1-15-9-7-10-16(2)19(15)21(24-14-13-22(5,6)23)20-17(3)11-8-12-18(20)4;/h7-12,21,23H,13-14H2,1-6H3;1H/q+1;/p-1. The van der Waals surface area contributed by atoms with Crippen LogP contribution in [0.3, 0.4) is 0 Å². The minimum absolute atomic E-state index is 0. The highest BCUT2D eigenvalue weighted by Crippen LogP contribution is 2.34. The van der Waals surface area contributed by atoms with Gasteiger partial charge in [0.2, 0.25) is 0 Å². The number of rotatable bonds is 6. The first-order chi connectivity index (χ1) is 11.2. The molecular formula is C21H30ClNO2. The van der Waals surface area contributed by atoms with Crippen LogP contribution < -0.4 is 12.4 Å². The van der Waals surface area contributed by atoms with Crippen molar-refractivity contribution in [2.75, 3.05) is 27.2 Å². The van der Waals surface area contributed by atoms with Crippen LogP contribution in [0.15, 0.2) is 36.4 Å². The summed E-state index contributed by atoms with van der Waals surface area (Å²) < 4.78 is 6.25. The predicted octanol–water partition coefficient (Wildman–Crippen LogP) is 1.50. The van der Waals surface area contributed by atoms with E-state index in [2.05, 4.69) is 64.1 Å². The molecule has 0 aromatic heterocycles. The Morgan fingerprint density at radius 2 is 1.20 bits per heavy atom. The molecular weight excluding hydrogens is 334 g/mol. The summed E-state index contributed by atoms with van der Waals surface area (Å²) >= 11 is 0. The van der Waals surface area contributed by atoms with Crippen LogP contribution in [0.25, 0.3) is 0 Å². The van der Waals surface area contributed by atoms with E-state index in [-0.39, 0.29) is 23.2 Å². The summed E-state index contributed by atoms with van der Waals surface area (Å²) in [6.07, 6.45) is -0.112. The summed E-state index contributed by atoms with van der Waals surface area (Å²) in [4.78, 5) is 0. The van der Waals surface area contributed by atoms with Crippen molar-refractivity contribution >= 4 is 0 Å². The van der Waals surface area contributed by atoms with Gasteiger partial charge in [0.25, 0.3) is 0 Å². The van der Waals surface area contributed by atoms with Crippen LogP contribution >= 0.6 is 0 Å². The largest absolute Gasteiger partial charge is 1.00 e. The minimum Gasteiger partial charge on any atom is -1.00 e. The molecule has 3 nitrogen and oxygen atoms in total. The molecule has 0 atom stereocenters. The molecule has 0 saturated heterocycles. The van der Waals surface area contributed by atoms with Crippen LogP contribution in [-0.4, -0.2) is 37.1 Å². The fourth-order valence-electron chi connectivity index (χ4n) is 3.19. The number of ether oxygens (including phenoxy) is 1. The molecule has 2 aromatic carbocycles. The molecule has 2 aromatic rings. The normalized spacial score (nSPS) is 11.5. The molecule has 1 N–H and O–H groups in total. The monoisotopic (exact) mass is 363 g/mol. The van der Waals surface area contributed by atoms with Gasteiger partial charge in [-0.25, -0.2) is 5.21 Å². The van der Waals surface area contributed by atoms with Crippen molar-refractivity contribution in [1.29, 1.82) is 0 Å². The van der Waals surface area contributed by atoms with Gasteiger partial charge in [0.1, 0.15) is 12.6 Å². The number of likely N-dealkylation sites (N-methyl/N-ethyl adjacent to an activating group) is 1. The molecule has 0 amide bonds. The van der Waals surface area contributed by atoms with Gasteiger partial charge in [-0.05, 0) is 61.1 Å². The number of quaternary nitrogens is 1. The molecule has 2 rings (SSSR count). The van der Waals surface area contributed by atoms with Crippen molar-refractivity contribution in [2.45, 2.75) is 33.8 Å². The predicted molar refractivity (Wildman–Crippen MR) is 98.4 cm³/mol. The number of hydrogen-bond donors (Lipinski definition) is 1. The first-order valence-electron chi connectivity index (χ1n) is 8.50. The molecule has 4 heteroatoms. The molecule has 0 bridgehead atoms. The van der Waals surface area contributed by atoms with Crippen molar-refractivity contribution in [3.05, 3.63) is 69.8 Å². The fraction of sp³-hybridized carbons (Fsp3) is 0.429. The van der Waals surface area contributed by atoms with Gasteiger partial charge >= 0.3 is 0 Å². The first kappa shape index (κ1) is 21.7. The third-order valence-electron chi connectivity index (χ3n) is 4.53. The Balaban J connectivity index is 0.00000312. The van der Waals surface area contributed by atoms with Gasteiger partial charge in [0.15, 0.2) is 0 Å². The number of halogens is 1. The Bertz CT molecular complexity index is 616. The van der Waals surface area contributed by atoms with Gasteiger partial charge in [-0.1, -0.05) is 36.4 Å². The summed E-state index contributed by atoms with van der Waals surface area (Å²) in [6.45, 7) is 9.59. The molecule has 0 saturated carbocycles. The van der Waals surface area contributed by atoms with Gasteiger partial charge in [0.05, 0.1) is 20.7 Å². The maximum absolute atomic E-state index is 9.95. The summed E-state index contributed by atoms with van der Waals surface area (Å²) in [5.74, 6) is 0. The van der Waals surface area contributed by atoms with Crippen molar-refractivity contribution in [3.63, 3.8) is 0 Å². The van der Waals surface area contributed by atoms with Gasteiger partial charge in [0, 0.05) is 0 Å². The molecule has 0 spiro atoms. The van der Waals surface area contributed by atoms with Gasteiger partial charge in [-0.2, -0.15) is 4.65 Å². The van der Waals surface area contributed by atoms with Crippen LogP contribution in [0.4, 0.5) is 0 Å². The highest BCUT2D eigenvalue weighted by molar-refractivity contribution is 5.46. The molecule has 0 aliphatic carbocycles. The van der Waals surface area contributed by atoms with E-state index >= 15 is 0 Å². The lowest BCUT2D eigenvalue weighted by atomic mass is 9.89. The van der Waals surface area contributed by atoms with Crippen LogP contribution in [0.2, 0.25) is 0 Å².